The molecule has 0 bridgehead atoms. The zero-order valence-electron chi connectivity index (χ0n) is 12.7. The van der Waals surface area contributed by atoms with Crippen molar-refractivity contribution in [3.05, 3.63) is 40.0 Å². The minimum atomic E-state index is 0.988. The van der Waals surface area contributed by atoms with E-state index in [0.29, 0.717) is 0 Å². The first-order chi connectivity index (χ1) is 10.8. The van der Waals surface area contributed by atoms with Gasteiger partial charge in [-0.1, -0.05) is 18.6 Å². The quantitative estimate of drug-likeness (QED) is 0.907. The molecule has 0 saturated carbocycles. The van der Waals surface area contributed by atoms with Crippen molar-refractivity contribution in [3.8, 4) is 5.69 Å². The molecule has 22 heavy (non-hydrogen) atoms. The van der Waals surface area contributed by atoms with E-state index in [9.17, 15) is 0 Å². The molecule has 0 atom stereocenters. The molecular formula is C17H21BrN4. The second kappa shape index (κ2) is 6.05. The van der Waals surface area contributed by atoms with Gasteiger partial charge in [0.25, 0.3) is 0 Å². The molecule has 4 nitrogen and oxygen atoms in total. The number of aromatic nitrogens is 2. The Bertz CT molecular complexity index is 673. The zero-order chi connectivity index (χ0) is 14.9. The van der Waals surface area contributed by atoms with E-state index in [0.717, 1.165) is 29.7 Å². The van der Waals surface area contributed by atoms with E-state index in [4.69, 9.17) is 5.10 Å². The molecule has 0 aliphatic carbocycles. The first kappa shape index (κ1) is 14.3. The fourth-order valence-corrected chi connectivity index (χ4v) is 3.95. The van der Waals surface area contributed by atoms with E-state index >= 15 is 0 Å². The lowest BCUT2D eigenvalue weighted by Gasteiger charge is -2.25. The van der Waals surface area contributed by atoms with Crippen molar-refractivity contribution in [1.29, 1.82) is 0 Å². The topological polar surface area (TPSA) is 33.1 Å². The Balaban J connectivity index is 1.69. The summed E-state index contributed by atoms with van der Waals surface area (Å²) in [6.07, 6.45) is 5.11. The second-order valence-electron chi connectivity index (χ2n) is 6.15. The van der Waals surface area contributed by atoms with E-state index in [1.807, 2.05) is 6.07 Å². The Hall–Kier alpha value is -1.33. The minimum absolute atomic E-state index is 0.988. The number of nitrogens with one attached hydrogen (secondary N) is 1. The number of hydrogen-bond acceptors (Lipinski definition) is 3. The lowest BCUT2D eigenvalue weighted by molar-refractivity contribution is 0.217. The van der Waals surface area contributed by atoms with Crippen LogP contribution in [0.15, 0.2) is 28.7 Å². The van der Waals surface area contributed by atoms with Gasteiger partial charge < -0.3 is 5.32 Å². The molecule has 2 aliphatic rings. The molecular weight excluding hydrogens is 340 g/mol. The molecule has 0 amide bonds. The van der Waals surface area contributed by atoms with Crippen LogP contribution in [-0.4, -0.2) is 34.3 Å². The lowest BCUT2D eigenvalue weighted by Crippen LogP contribution is -2.29. The highest BCUT2D eigenvalue weighted by Gasteiger charge is 2.25. The number of piperidine rings is 1. The Morgan fingerprint density at radius 3 is 2.77 bits per heavy atom. The SMILES string of the molecule is Brc1ccccc1-n1nc(CN2CCCCC2)c2c1NCC2. The molecule has 0 radical (unpaired) electrons. The maximum Gasteiger partial charge on any atom is 0.133 e. The van der Waals surface area contributed by atoms with Gasteiger partial charge in [0.05, 0.1) is 11.4 Å². The zero-order valence-corrected chi connectivity index (χ0v) is 14.3. The van der Waals surface area contributed by atoms with Crippen molar-refractivity contribution >= 4 is 21.7 Å². The molecule has 1 fully saturated rings. The van der Waals surface area contributed by atoms with Crippen molar-refractivity contribution in [1.82, 2.24) is 14.7 Å². The van der Waals surface area contributed by atoms with Crippen LogP contribution in [-0.2, 0) is 13.0 Å². The third-order valence-corrected chi connectivity index (χ3v) is 5.31. The van der Waals surface area contributed by atoms with Crippen LogP contribution < -0.4 is 5.32 Å². The number of likely N-dealkylation sites (tertiary alicyclic amines) is 1. The van der Waals surface area contributed by atoms with Gasteiger partial charge in [0.15, 0.2) is 0 Å². The molecule has 5 heteroatoms. The fourth-order valence-electron chi connectivity index (χ4n) is 3.50. The van der Waals surface area contributed by atoms with Crippen molar-refractivity contribution < 1.29 is 0 Å². The Morgan fingerprint density at radius 2 is 1.95 bits per heavy atom. The predicted molar refractivity (Wildman–Crippen MR) is 92.6 cm³/mol. The standard InChI is InChI=1S/C17H21BrN4/c18-14-6-2-3-7-16(14)22-17-13(8-9-19-17)15(20-22)12-21-10-4-1-5-11-21/h2-3,6-7,19H,1,4-5,8-12H2. The van der Waals surface area contributed by atoms with Gasteiger partial charge in [0, 0.05) is 23.1 Å². The molecule has 4 rings (SSSR count). The summed E-state index contributed by atoms with van der Waals surface area (Å²) in [5.74, 6) is 1.18. The second-order valence-corrected chi connectivity index (χ2v) is 7.00. The van der Waals surface area contributed by atoms with E-state index in [2.05, 4.69) is 49.0 Å². The number of benzene rings is 1. The number of hydrogen-bond donors (Lipinski definition) is 1. The van der Waals surface area contributed by atoms with Gasteiger partial charge in [0.2, 0.25) is 0 Å². The fraction of sp³-hybridized carbons (Fsp3) is 0.471. The summed E-state index contributed by atoms with van der Waals surface area (Å²) in [5.41, 5.74) is 3.76. The van der Waals surface area contributed by atoms with E-state index in [1.54, 1.807) is 0 Å². The van der Waals surface area contributed by atoms with Crippen LogP contribution in [0.2, 0.25) is 0 Å². The molecule has 1 aromatic carbocycles. The van der Waals surface area contributed by atoms with Crippen LogP contribution >= 0.6 is 15.9 Å². The number of anilines is 1. The Labute approximate surface area is 139 Å². The highest BCUT2D eigenvalue weighted by Crippen LogP contribution is 2.32. The lowest BCUT2D eigenvalue weighted by atomic mass is 10.1. The van der Waals surface area contributed by atoms with E-state index < -0.39 is 0 Å². The van der Waals surface area contributed by atoms with Crippen LogP contribution in [0.1, 0.15) is 30.5 Å². The van der Waals surface area contributed by atoms with Crippen LogP contribution in [0, 0.1) is 0 Å². The van der Waals surface area contributed by atoms with E-state index in [-0.39, 0.29) is 0 Å². The Kier molecular flexibility index (Phi) is 3.92. The number of nitrogens with zero attached hydrogens (tertiary/aromatic N) is 3. The van der Waals surface area contributed by atoms with Gasteiger partial charge in [-0.2, -0.15) is 5.10 Å². The molecule has 0 spiro atoms. The van der Waals surface area contributed by atoms with Crippen LogP contribution in [0.25, 0.3) is 5.69 Å². The maximum absolute atomic E-state index is 4.94. The van der Waals surface area contributed by atoms with Gasteiger partial charge in [-0.3, -0.25) is 4.90 Å². The van der Waals surface area contributed by atoms with Crippen molar-refractivity contribution in [3.63, 3.8) is 0 Å². The number of para-hydroxylation sites is 1. The monoisotopic (exact) mass is 360 g/mol. The molecule has 3 heterocycles. The summed E-state index contributed by atoms with van der Waals surface area (Å²) in [6, 6.07) is 8.29. The summed E-state index contributed by atoms with van der Waals surface area (Å²) in [6.45, 7) is 4.43. The number of rotatable bonds is 3. The molecule has 1 saturated heterocycles. The molecule has 2 aliphatic heterocycles. The number of halogens is 1. The van der Waals surface area contributed by atoms with Crippen LogP contribution in [0.3, 0.4) is 0 Å². The highest BCUT2D eigenvalue weighted by molar-refractivity contribution is 9.10. The summed E-state index contributed by atoms with van der Waals surface area (Å²) in [5, 5.41) is 8.45. The van der Waals surface area contributed by atoms with Crippen molar-refractivity contribution in [2.45, 2.75) is 32.2 Å². The van der Waals surface area contributed by atoms with Crippen molar-refractivity contribution in [2.24, 2.45) is 0 Å². The van der Waals surface area contributed by atoms with Gasteiger partial charge >= 0.3 is 0 Å². The minimum Gasteiger partial charge on any atom is -0.369 e. The van der Waals surface area contributed by atoms with Gasteiger partial charge in [0.1, 0.15) is 5.82 Å². The smallest absolute Gasteiger partial charge is 0.133 e. The summed E-state index contributed by atoms with van der Waals surface area (Å²) in [7, 11) is 0. The van der Waals surface area contributed by atoms with Gasteiger partial charge in [-0.15, -0.1) is 0 Å². The molecule has 1 aromatic heterocycles. The largest absolute Gasteiger partial charge is 0.369 e. The summed E-state index contributed by atoms with van der Waals surface area (Å²) < 4.78 is 3.16. The first-order valence-corrected chi connectivity index (χ1v) is 8.94. The number of fused-ring (bicyclic) bond motifs is 1. The molecule has 116 valence electrons. The van der Waals surface area contributed by atoms with Gasteiger partial charge in [-0.05, 0) is 60.4 Å². The summed E-state index contributed by atoms with van der Waals surface area (Å²) in [4.78, 5) is 2.55. The Morgan fingerprint density at radius 1 is 1.14 bits per heavy atom. The van der Waals surface area contributed by atoms with Crippen LogP contribution in [0.5, 0.6) is 0 Å². The highest BCUT2D eigenvalue weighted by atomic mass is 79.9. The summed E-state index contributed by atoms with van der Waals surface area (Å²) >= 11 is 3.65. The van der Waals surface area contributed by atoms with Crippen molar-refractivity contribution in [2.75, 3.05) is 25.0 Å². The third kappa shape index (κ3) is 2.57. The van der Waals surface area contributed by atoms with Gasteiger partial charge in [-0.25, -0.2) is 4.68 Å². The predicted octanol–water partition coefficient (Wildman–Crippen LogP) is 3.59. The van der Waals surface area contributed by atoms with Crippen LogP contribution in [0.4, 0.5) is 5.82 Å². The third-order valence-electron chi connectivity index (χ3n) is 4.64. The average Bonchev–Trinajstić information content (AvgIpc) is 3.13. The normalized spacial score (nSPS) is 18.2. The molecule has 1 N–H and O–H groups in total. The maximum atomic E-state index is 4.94. The first-order valence-electron chi connectivity index (χ1n) is 8.15. The molecule has 0 unspecified atom stereocenters. The molecule has 2 aromatic rings. The average molecular weight is 361 g/mol. The van der Waals surface area contributed by atoms with E-state index in [1.165, 1.54) is 49.4 Å².